The highest BCUT2D eigenvalue weighted by Crippen LogP contribution is 2.24. The molecule has 0 aliphatic carbocycles. The molecule has 120 valence electrons. The van der Waals surface area contributed by atoms with E-state index in [1.807, 2.05) is 26.0 Å². The number of hydrogen-bond donors (Lipinski definition) is 2. The molecule has 1 aromatic carbocycles. The molecule has 3 rings (SSSR count). The predicted octanol–water partition coefficient (Wildman–Crippen LogP) is 3.60. The molecular formula is C18H16N4O2. The van der Waals surface area contributed by atoms with Gasteiger partial charge in [0.1, 0.15) is 5.82 Å². The Morgan fingerprint density at radius 2 is 1.83 bits per heavy atom. The number of benzene rings is 1. The highest BCUT2D eigenvalue weighted by atomic mass is 16.4. The number of nitrogens with one attached hydrogen (secondary N) is 1. The zero-order valence-electron chi connectivity index (χ0n) is 13.3. The van der Waals surface area contributed by atoms with Gasteiger partial charge in [-0.25, -0.2) is 14.8 Å². The third-order valence-electron chi connectivity index (χ3n) is 3.70. The van der Waals surface area contributed by atoms with Gasteiger partial charge in [-0.2, -0.15) is 0 Å². The number of aryl methyl sites for hydroxylation is 1. The summed E-state index contributed by atoms with van der Waals surface area (Å²) in [5.41, 5.74) is 3.65. The number of carboxylic acids is 1. The summed E-state index contributed by atoms with van der Waals surface area (Å²) in [7, 11) is 0. The standard InChI is InChI=1S/C18H16N4O2/c1-11-12(2)20-17(14-4-3-9-19-10-14)22-16(11)21-15-7-5-13(6-8-15)18(23)24/h3-10H,1-2H3,(H,23,24)(H,20,21,22). The first kappa shape index (κ1) is 15.6. The number of nitrogens with zero attached hydrogens (tertiary/aromatic N) is 3. The summed E-state index contributed by atoms with van der Waals surface area (Å²) in [4.78, 5) is 24.1. The second-order valence-electron chi connectivity index (χ2n) is 5.36. The molecule has 0 atom stereocenters. The Labute approximate surface area is 139 Å². The van der Waals surface area contributed by atoms with Crippen LogP contribution in [-0.2, 0) is 0 Å². The van der Waals surface area contributed by atoms with E-state index < -0.39 is 5.97 Å². The first-order chi connectivity index (χ1) is 11.5. The van der Waals surface area contributed by atoms with Crippen molar-refractivity contribution < 1.29 is 9.90 Å². The zero-order chi connectivity index (χ0) is 17.1. The maximum absolute atomic E-state index is 10.9. The van der Waals surface area contributed by atoms with Gasteiger partial charge in [0.05, 0.1) is 5.56 Å². The highest BCUT2D eigenvalue weighted by molar-refractivity contribution is 5.88. The van der Waals surface area contributed by atoms with Gasteiger partial charge in [0.15, 0.2) is 5.82 Å². The largest absolute Gasteiger partial charge is 0.478 e. The maximum atomic E-state index is 10.9. The van der Waals surface area contributed by atoms with E-state index in [9.17, 15) is 4.79 Å². The van der Waals surface area contributed by atoms with E-state index in [-0.39, 0.29) is 5.56 Å². The summed E-state index contributed by atoms with van der Waals surface area (Å²) in [6, 6.07) is 10.3. The lowest BCUT2D eigenvalue weighted by molar-refractivity contribution is 0.0697. The van der Waals surface area contributed by atoms with Crippen LogP contribution in [0.2, 0.25) is 0 Å². The van der Waals surface area contributed by atoms with Gasteiger partial charge in [-0.1, -0.05) is 0 Å². The van der Waals surface area contributed by atoms with Gasteiger partial charge in [0.25, 0.3) is 0 Å². The summed E-state index contributed by atoms with van der Waals surface area (Å²) < 4.78 is 0. The molecule has 24 heavy (non-hydrogen) atoms. The van der Waals surface area contributed by atoms with E-state index in [0.29, 0.717) is 11.6 Å². The minimum atomic E-state index is -0.950. The number of pyridine rings is 1. The minimum Gasteiger partial charge on any atom is -0.478 e. The summed E-state index contributed by atoms with van der Waals surface area (Å²) in [6.07, 6.45) is 3.42. The molecule has 6 heteroatoms. The average molecular weight is 320 g/mol. The molecule has 0 fully saturated rings. The van der Waals surface area contributed by atoms with Crippen LogP contribution < -0.4 is 5.32 Å². The topological polar surface area (TPSA) is 88.0 Å². The monoisotopic (exact) mass is 320 g/mol. The van der Waals surface area contributed by atoms with Crippen molar-refractivity contribution in [3.63, 3.8) is 0 Å². The van der Waals surface area contributed by atoms with E-state index in [4.69, 9.17) is 5.11 Å². The maximum Gasteiger partial charge on any atom is 0.335 e. The summed E-state index contributed by atoms with van der Waals surface area (Å²) >= 11 is 0. The van der Waals surface area contributed by atoms with Crippen molar-refractivity contribution in [3.8, 4) is 11.4 Å². The first-order valence-electron chi connectivity index (χ1n) is 7.40. The van der Waals surface area contributed by atoms with E-state index in [2.05, 4.69) is 20.3 Å². The Morgan fingerprint density at radius 1 is 1.08 bits per heavy atom. The van der Waals surface area contributed by atoms with Crippen molar-refractivity contribution in [2.45, 2.75) is 13.8 Å². The fourth-order valence-electron chi connectivity index (χ4n) is 2.21. The van der Waals surface area contributed by atoms with Crippen LogP contribution in [0.4, 0.5) is 11.5 Å². The molecule has 0 aliphatic rings. The molecule has 0 spiro atoms. The van der Waals surface area contributed by atoms with Gasteiger partial charge in [-0.3, -0.25) is 4.98 Å². The molecule has 0 aliphatic heterocycles. The van der Waals surface area contributed by atoms with E-state index >= 15 is 0 Å². The van der Waals surface area contributed by atoms with Gasteiger partial charge in [0, 0.05) is 34.9 Å². The predicted molar refractivity (Wildman–Crippen MR) is 91.4 cm³/mol. The Balaban J connectivity index is 1.95. The van der Waals surface area contributed by atoms with Crippen molar-refractivity contribution in [1.29, 1.82) is 0 Å². The van der Waals surface area contributed by atoms with Crippen LogP contribution in [0.1, 0.15) is 21.6 Å². The van der Waals surface area contributed by atoms with Gasteiger partial charge in [-0.05, 0) is 50.2 Å². The number of carboxylic acid groups (broad SMARTS) is 1. The van der Waals surface area contributed by atoms with Crippen LogP contribution in [0.15, 0.2) is 48.8 Å². The molecule has 0 unspecified atom stereocenters. The molecule has 0 radical (unpaired) electrons. The summed E-state index contributed by atoms with van der Waals surface area (Å²) in [6.45, 7) is 3.87. The lowest BCUT2D eigenvalue weighted by Gasteiger charge is -2.12. The SMILES string of the molecule is Cc1nc(-c2cccnc2)nc(Nc2ccc(C(=O)O)cc2)c1C. The van der Waals surface area contributed by atoms with Gasteiger partial charge < -0.3 is 10.4 Å². The molecule has 0 saturated carbocycles. The third kappa shape index (κ3) is 3.22. The van der Waals surface area contributed by atoms with Crippen LogP contribution in [0.5, 0.6) is 0 Å². The van der Waals surface area contributed by atoms with Crippen molar-refractivity contribution in [2.24, 2.45) is 0 Å². The van der Waals surface area contributed by atoms with Crippen LogP contribution in [0, 0.1) is 13.8 Å². The Bertz CT molecular complexity index is 878. The van der Waals surface area contributed by atoms with E-state index in [1.165, 1.54) is 0 Å². The number of carbonyl (C=O) groups is 1. The Morgan fingerprint density at radius 3 is 2.46 bits per heavy atom. The lowest BCUT2D eigenvalue weighted by atomic mass is 10.2. The second-order valence-corrected chi connectivity index (χ2v) is 5.36. The third-order valence-corrected chi connectivity index (χ3v) is 3.70. The number of rotatable bonds is 4. The lowest BCUT2D eigenvalue weighted by Crippen LogP contribution is -2.03. The molecular weight excluding hydrogens is 304 g/mol. The normalized spacial score (nSPS) is 10.4. The molecule has 3 aromatic rings. The molecule has 2 N–H and O–H groups in total. The van der Waals surface area contributed by atoms with Crippen LogP contribution in [0.3, 0.4) is 0 Å². The summed E-state index contributed by atoms with van der Waals surface area (Å²) in [5.74, 6) is 0.328. The summed E-state index contributed by atoms with van der Waals surface area (Å²) in [5, 5.41) is 12.2. The molecule has 0 amide bonds. The van der Waals surface area contributed by atoms with Gasteiger partial charge >= 0.3 is 5.97 Å². The van der Waals surface area contributed by atoms with E-state index in [0.717, 1.165) is 22.5 Å². The number of aromatic nitrogens is 3. The smallest absolute Gasteiger partial charge is 0.335 e. The molecule has 6 nitrogen and oxygen atoms in total. The van der Waals surface area contributed by atoms with Crippen molar-refractivity contribution in [1.82, 2.24) is 15.0 Å². The molecule has 2 heterocycles. The second kappa shape index (κ2) is 6.45. The van der Waals surface area contributed by atoms with Crippen molar-refractivity contribution in [3.05, 3.63) is 65.6 Å². The Kier molecular flexibility index (Phi) is 4.20. The average Bonchev–Trinajstić information content (AvgIpc) is 2.60. The number of aromatic carboxylic acids is 1. The quantitative estimate of drug-likeness (QED) is 0.763. The molecule has 2 aromatic heterocycles. The van der Waals surface area contributed by atoms with E-state index in [1.54, 1.807) is 36.7 Å². The molecule has 0 bridgehead atoms. The van der Waals surface area contributed by atoms with Crippen LogP contribution >= 0.6 is 0 Å². The van der Waals surface area contributed by atoms with Crippen LogP contribution in [-0.4, -0.2) is 26.0 Å². The van der Waals surface area contributed by atoms with Crippen LogP contribution in [0.25, 0.3) is 11.4 Å². The Hall–Kier alpha value is -3.28. The van der Waals surface area contributed by atoms with Crippen molar-refractivity contribution in [2.75, 3.05) is 5.32 Å². The number of hydrogen-bond acceptors (Lipinski definition) is 5. The van der Waals surface area contributed by atoms with Crippen molar-refractivity contribution >= 4 is 17.5 Å². The fourth-order valence-corrected chi connectivity index (χ4v) is 2.21. The van der Waals surface area contributed by atoms with Gasteiger partial charge in [0.2, 0.25) is 0 Å². The molecule has 0 saturated heterocycles. The van der Waals surface area contributed by atoms with Gasteiger partial charge in [-0.15, -0.1) is 0 Å². The first-order valence-corrected chi connectivity index (χ1v) is 7.40. The zero-order valence-corrected chi connectivity index (χ0v) is 13.3. The number of anilines is 2. The fraction of sp³-hybridized carbons (Fsp3) is 0.111. The minimum absolute atomic E-state index is 0.243. The highest BCUT2D eigenvalue weighted by Gasteiger charge is 2.10.